The first-order valence-corrected chi connectivity index (χ1v) is 8.34. The quantitative estimate of drug-likeness (QED) is 0.844. The minimum atomic E-state index is -0.162. The highest BCUT2D eigenvalue weighted by Crippen LogP contribution is 2.22. The maximum Gasteiger partial charge on any atom is 0.270 e. The lowest BCUT2D eigenvalue weighted by molar-refractivity contribution is 0.0946. The van der Waals surface area contributed by atoms with Crippen molar-refractivity contribution in [1.29, 1.82) is 0 Å². The van der Waals surface area contributed by atoms with Crippen molar-refractivity contribution in [3.63, 3.8) is 0 Å². The molecule has 5 heteroatoms. The summed E-state index contributed by atoms with van der Waals surface area (Å²) in [4.78, 5) is 20.9. The highest BCUT2D eigenvalue weighted by Gasteiger charge is 2.11. The average Bonchev–Trinajstić information content (AvgIpc) is 2.51. The summed E-state index contributed by atoms with van der Waals surface area (Å²) < 4.78 is 0. The van der Waals surface area contributed by atoms with E-state index in [-0.39, 0.29) is 5.91 Å². The summed E-state index contributed by atoms with van der Waals surface area (Å²) in [6.45, 7) is 10.8. The van der Waals surface area contributed by atoms with Crippen LogP contribution in [0.5, 0.6) is 0 Å². The summed E-state index contributed by atoms with van der Waals surface area (Å²) in [5.41, 5.74) is 3.74. The van der Waals surface area contributed by atoms with E-state index in [1.165, 1.54) is 5.56 Å². The molecule has 2 N–H and O–H groups in total. The zero-order valence-electron chi connectivity index (χ0n) is 15.1. The molecule has 0 atom stereocenters. The second-order valence-corrected chi connectivity index (χ2v) is 6.50. The normalized spacial score (nSPS) is 10.8. The van der Waals surface area contributed by atoms with Gasteiger partial charge in [-0.3, -0.25) is 4.79 Å². The van der Waals surface area contributed by atoms with Crippen molar-refractivity contribution in [2.24, 2.45) is 5.92 Å². The van der Waals surface area contributed by atoms with E-state index < -0.39 is 0 Å². The van der Waals surface area contributed by atoms with Gasteiger partial charge in [-0.05, 0) is 50.3 Å². The predicted molar refractivity (Wildman–Crippen MR) is 97.8 cm³/mol. The molecule has 0 unspecified atom stereocenters. The molecule has 5 nitrogen and oxygen atoms in total. The number of nitrogens with zero attached hydrogens (tertiary/aromatic N) is 2. The first kappa shape index (κ1) is 17.9. The fourth-order valence-corrected chi connectivity index (χ4v) is 2.34. The molecule has 0 aliphatic heterocycles. The number of hydrogen-bond donors (Lipinski definition) is 2. The molecular formula is C19H26N4O. The molecule has 128 valence electrons. The minimum Gasteiger partial charge on any atom is -0.351 e. The van der Waals surface area contributed by atoms with E-state index in [4.69, 9.17) is 0 Å². The molecule has 0 spiro atoms. The van der Waals surface area contributed by atoms with Gasteiger partial charge in [0.15, 0.2) is 0 Å². The average molecular weight is 326 g/mol. The van der Waals surface area contributed by atoms with Gasteiger partial charge >= 0.3 is 0 Å². The largest absolute Gasteiger partial charge is 0.351 e. The molecule has 1 amide bonds. The summed E-state index contributed by atoms with van der Waals surface area (Å²) in [5.74, 6) is 1.59. The van der Waals surface area contributed by atoms with E-state index in [0.29, 0.717) is 29.8 Å². The summed E-state index contributed by atoms with van der Waals surface area (Å²) in [6, 6.07) is 7.76. The van der Waals surface area contributed by atoms with Crippen molar-refractivity contribution in [3.8, 4) is 0 Å². The number of aryl methyl sites for hydroxylation is 2. The van der Waals surface area contributed by atoms with Crippen molar-refractivity contribution < 1.29 is 4.79 Å². The Kier molecular flexibility index (Phi) is 5.90. The fraction of sp³-hybridized carbons (Fsp3) is 0.421. The lowest BCUT2D eigenvalue weighted by Crippen LogP contribution is -2.26. The second kappa shape index (κ2) is 7.90. The Bertz CT molecular complexity index is 725. The van der Waals surface area contributed by atoms with Crippen LogP contribution in [0, 0.1) is 26.7 Å². The Hall–Kier alpha value is -2.43. The van der Waals surface area contributed by atoms with Crippen LogP contribution < -0.4 is 10.6 Å². The van der Waals surface area contributed by atoms with Gasteiger partial charge in [0.2, 0.25) is 0 Å². The Morgan fingerprint density at radius 2 is 1.92 bits per heavy atom. The maximum absolute atomic E-state index is 12.3. The number of amides is 1. The molecule has 0 aliphatic rings. The molecule has 2 rings (SSSR count). The van der Waals surface area contributed by atoms with E-state index in [0.717, 1.165) is 17.7 Å². The van der Waals surface area contributed by atoms with Gasteiger partial charge < -0.3 is 10.6 Å². The van der Waals surface area contributed by atoms with Crippen molar-refractivity contribution in [3.05, 3.63) is 46.9 Å². The summed E-state index contributed by atoms with van der Waals surface area (Å²) in [6.07, 6.45) is 0.948. The van der Waals surface area contributed by atoms with Crippen LogP contribution in [0.15, 0.2) is 24.3 Å². The SMILES string of the molecule is Cc1nc(Nc2cccc(C)c2C)cc(C(=O)NCCC(C)C)n1. The third kappa shape index (κ3) is 4.78. The van der Waals surface area contributed by atoms with Gasteiger partial charge in [0.1, 0.15) is 17.3 Å². The summed E-state index contributed by atoms with van der Waals surface area (Å²) >= 11 is 0. The Morgan fingerprint density at radius 1 is 1.17 bits per heavy atom. The van der Waals surface area contributed by atoms with Crippen LogP contribution in [0.1, 0.15) is 47.7 Å². The number of hydrogen-bond acceptors (Lipinski definition) is 4. The van der Waals surface area contributed by atoms with Crippen LogP contribution in [0.4, 0.5) is 11.5 Å². The lowest BCUT2D eigenvalue weighted by Gasteiger charge is -2.12. The highest BCUT2D eigenvalue weighted by atomic mass is 16.1. The maximum atomic E-state index is 12.3. The van der Waals surface area contributed by atoms with Crippen LogP contribution in [0.25, 0.3) is 0 Å². The Balaban J connectivity index is 2.16. The fourth-order valence-electron chi connectivity index (χ4n) is 2.34. The highest BCUT2D eigenvalue weighted by molar-refractivity contribution is 5.93. The molecular weight excluding hydrogens is 300 g/mol. The predicted octanol–water partition coefficient (Wildman–Crippen LogP) is 3.92. The van der Waals surface area contributed by atoms with Gasteiger partial charge in [0.25, 0.3) is 5.91 Å². The number of anilines is 2. The number of carbonyl (C=O) groups excluding carboxylic acids is 1. The molecule has 24 heavy (non-hydrogen) atoms. The summed E-state index contributed by atoms with van der Waals surface area (Å²) in [5, 5.41) is 6.20. The molecule has 0 aliphatic carbocycles. The number of carbonyl (C=O) groups is 1. The smallest absolute Gasteiger partial charge is 0.270 e. The van der Waals surface area contributed by atoms with E-state index in [9.17, 15) is 4.79 Å². The topological polar surface area (TPSA) is 66.9 Å². The summed E-state index contributed by atoms with van der Waals surface area (Å²) in [7, 11) is 0. The first-order chi connectivity index (χ1) is 11.4. The Labute approximate surface area is 143 Å². The standard InChI is InChI=1S/C19H26N4O/c1-12(2)9-10-20-19(24)17-11-18(22-15(5)21-17)23-16-8-6-7-13(3)14(16)4/h6-8,11-12H,9-10H2,1-5H3,(H,20,24)(H,21,22,23). The van der Waals surface area contributed by atoms with Crippen molar-refractivity contribution in [2.75, 3.05) is 11.9 Å². The van der Waals surface area contributed by atoms with E-state index in [1.54, 1.807) is 13.0 Å². The zero-order chi connectivity index (χ0) is 17.7. The van der Waals surface area contributed by atoms with Gasteiger partial charge in [-0.1, -0.05) is 26.0 Å². The first-order valence-electron chi connectivity index (χ1n) is 8.34. The zero-order valence-corrected chi connectivity index (χ0v) is 15.1. The third-order valence-electron chi connectivity index (χ3n) is 3.95. The monoisotopic (exact) mass is 326 g/mol. The molecule has 0 bridgehead atoms. The van der Waals surface area contributed by atoms with E-state index in [1.807, 2.05) is 12.1 Å². The molecule has 0 fully saturated rings. The van der Waals surface area contributed by atoms with Crippen molar-refractivity contribution in [2.45, 2.75) is 41.0 Å². The molecule has 1 aromatic heterocycles. The number of benzene rings is 1. The molecule has 1 aromatic carbocycles. The van der Waals surface area contributed by atoms with Crippen LogP contribution >= 0.6 is 0 Å². The molecule has 0 saturated heterocycles. The minimum absolute atomic E-state index is 0.162. The van der Waals surface area contributed by atoms with Gasteiger partial charge in [0.05, 0.1) is 0 Å². The van der Waals surface area contributed by atoms with Gasteiger partial charge in [-0.15, -0.1) is 0 Å². The lowest BCUT2D eigenvalue weighted by atomic mass is 10.1. The number of nitrogens with one attached hydrogen (secondary N) is 2. The molecule has 0 saturated carbocycles. The van der Waals surface area contributed by atoms with E-state index >= 15 is 0 Å². The van der Waals surface area contributed by atoms with E-state index in [2.05, 4.69) is 54.4 Å². The van der Waals surface area contributed by atoms with Crippen LogP contribution in [-0.2, 0) is 0 Å². The molecule has 0 radical (unpaired) electrons. The van der Waals surface area contributed by atoms with Crippen LogP contribution in [0.3, 0.4) is 0 Å². The van der Waals surface area contributed by atoms with Crippen LogP contribution in [0.2, 0.25) is 0 Å². The number of aromatic nitrogens is 2. The second-order valence-electron chi connectivity index (χ2n) is 6.50. The number of rotatable bonds is 6. The molecule has 1 heterocycles. The molecule has 2 aromatic rings. The van der Waals surface area contributed by atoms with Gasteiger partial charge in [-0.2, -0.15) is 0 Å². The van der Waals surface area contributed by atoms with Crippen molar-refractivity contribution in [1.82, 2.24) is 15.3 Å². The van der Waals surface area contributed by atoms with Crippen molar-refractivity contribution >= 4 is 17.4 Å². The van der Waals surface area contributed by atoms with Crippen LogP contribution in [-0.4, -0.2) is 22.4 Å². The van der Waals surface area contributed by atoms with Gasteiger partial charge in [0, 0.05) is 18.3 Å². The van der Waals surface area contributed by atoms with Gasteiger partial charge in [-0.25, -0.2) is 9.97 Å². The Morgan fingerprint density at radius 3 is 2.62 bits per heavy atom. The third-order valence-corrected chi connectivity index (χ3v) is 3.95.